The minimum absolute atomic E-state index is 0.194. The number of hydrogen-bond acceptors (Lipinski definition) is 4. The van der Waals surface area contributed by atoms with Gasteiger partial charge in [0.1, 0.15) is 5.82 Å². The lowest BCUT2D eigenvalue weighted by Gasteiger charge is -2.10. The molecule has 1 aliphatic heterocycles. The van der Waals surface area contributed by atoms with Crippen molar-refractivity contribution in [1.82, 2.24) is 15.1 Å². The highest BCUT2D eigenvalue weighted by Gasteiger charge is 2.28. The van der Waals surface area contributed by atoms with Gasteiger partial charge < -0.3 is 10.2 Å². The van der Waals surface area contributed by atoms with E-state index >= 15 is 0 Å². The summed E-state index contributed by atoms with van der Waals surface area (Å²) in [6.45, 7) is 5.21. The van der Waals surface area contributed by atoms with Crippen LogP contribution in [0.3, 0.4) is 0 Å². The summed E-state index contributed by atoms with van der Waals surface area (Å²) in [4.78, 5) is 17.4. The molecule has 0 aliphatic carbocycles. The van der Waals surface area contributed by atoms with Crippen LogP contribution in [0.1, 0.15) is 29.8 Å². The molecule has 2 aromatic rings. The van der Waals surface area contributed by atoms with Crippen LogP contribution in [-0.4, -0.2) is 34.0 Å². The Hall–Kier alpha value is -2.22. The topological polar surface area (TPSA) is 68.5 Å². The summed E-state index contributed by atoms with van der Waals surface area (Å²) in [6.07, 6.45) is 0.498. The van der Waals surface area contributed by atoms with Crippen LogP contribution in [0.4, 0.5) is 4.39 Å². The quantitative estimate of drug-likeness (QED) is 0.727. The van der Waals surface area contributed by atoms with E-state index in [1.165, 1.54) is 12.1 Å². The monoisotopic (exact) mass is 422 g/mol. The molecule has 0 fully saturated rings. The molecule has 0 saturated carbocycles. The molecule has 1 amide bonds. The second kappa shape index (κ2) is 7.99. The van der Waals surface area contributed by atoms with Crippen LogP contribution >= 0.6 is 15.9 Å². The molecule has 138 valence electrons. The Bertz CT molecular complexity index is 832. The molecule has 26 heavy (non-hydrogen) atoms. The number of amides is 1. The normalized spacial score (nSPS) is 16.3. The molecule has 1 unspecified atom stereocenters. The first-order valence-corrected chi connectivity index (χ1v) is 9.21. The van der Waals surface area contributed by atoms with Gasteiger partial charge in [-0.2, -0.15) is 5.10 Å². The van der Waals surface area contributed by atoms with Crippen LogP contribution in [0.15, 0.2) is 33.9 Å². The molecule has 6 nitrogen and oxygen atoms in total. The van der Waals surface area contributed by atoms with Crippen molar-refractivity contribution in [3.63, 3.8) is 0 Å². The fraction of sp³-hybridized carbons (Fsp3) is 0.389. The van der Waals surface area contributed by atoms with E-state index in [0.29, 0.717) is 18.7 Å². The van der Waals surface area contributed by atoms with Gasteiger partial charge >= 0.3 is 0 Å². The molecule has 2 heterocycles. The maximum absolute atomic E-state index is 13.0. The van der Waals surface area contributed by atoms with Gasteiger partial charge in [-0.05, 0) is 53.9 Å². The predicted molar refractivity (Wildman–Crippen MR) is 99.5 cm³/mol. The largest absolute Gasteiger partial charge is 0.382 e. The summed E-state index contributed by atoms with van der Waals surface area (Å²) in [5.74, 6) is -0.502. The van der Waals surface area contributed by atoms with Crippen molar-refractivity contribution in [2.24, 2.45) is 5.16 Å². The van der Waals surface area contributed by atoms with Crippen molar-refractivity contribution >= 4 is 27.5 Å². The number of carbonyl (C=O) groups excluding carboxylic acids is 1. The van der Waals surface area contributed by atoms with Gasteiger partial charge in [-0.3, -0.25) is 9.48 Å². The van der Waals surface area contributed by atoms with Crippen molar-refractivity contribution < 1.29 is 14.0 Å². The maximum atomic E-state index is 13.0. The van der Waals surface area contributed by atoms with Crippen LogP contribution in [0.2, 0.25) is 0 Å². The first-order chi connectivity index (χ1) is 12.5. The molecule has 0 spiro atoms. The van der Waals surface area contributed by atoms with Crippen LogP contribution in [0.25, 0.3) is 0 Å². The fourth-order valence-corrected chi connectivity index (χ4v) is 3.06. The van der Waals surface area contributed by atoms with Crippen molar-refractivity contribution in [1.29, 1.82) is 0 Å². The number of rotatable bonds is 6. The van der Waals surface area contributed by atoms with Crippen molar-refractivity contribution in [3.05, 3.63) is 51.5 Å². The van der Waals surface area contributed by atoms with Gasteiger partial charge in [-0.25, -0.2) is 4.39 Å². The van der Waals surface area contributed by atoms with Crippen molar-refractivity contribution in [2.45, 2.75) is 39.3 Å². The highest BCUT2D eigenvalue weighted by atomic mass is 79.9. The van der Waals surface area contributed by atoms with Gasteiger partial charge in [0.05, 0.1) is 15.9 Å². The van der Waals surface area contributed by atoms with Gasteiger partial charge in [0.25, 0.3) is 5.91 Å². The highest BCUT2D eigenvalue weighted by molar-refractivity contribution is 9.10. The standard InChI is InChI=1S/C18H20BrFN4O2/c1-11-17(19)12(2)24(22-11)9-3-8-21-18(25)16-10-15(23-26-16)13-4-6-14(20)7-5-13/h4-7,16H,3,8-10H2,1-2H3,(H,21,25). The average Bonchev–Trinajstić information content (AvgIpc) is 3.21. The van der Waals surface area contributed by atoms with Gasteiger partial charge in [0.2, 0.25) is 6.10 Å². The van der Waals surface area contributed by atoms with E-state index < -0.39 is 6.10 Å². The number of oxime groups is 1. The lowest BCUT2D eigenvalue weighted by molar-refractivity contribution is -0.131. The van der Waals surface area contributed by atoms with Gasteiger partial charge in [-0.1, -0.05) is 17.3 Å². The number of hydrogen-bond donors (Lipinski definition) is 1. The zero-order valence-electron chi connectivity index (χ0n) is 14.6. The van der Waals surface area contributed by atoms with Crippen LogP contribution in [0, 0.1) is 19.7 Å². The zero-order valence-corrected chi connectivity index (χ0v) is 16.2. The number of benzene rings is 1. The first kappa shape index (κ1) is 18.6. The van der Waals surface area contributed by atoms with Gasteiger partial charge in [0, 0.05) is 25.2 Å². The maximum Gasteiger partial charge on any atom is 0.264 e. The van der Waals surface area contributed by atoms with Gasteiger partial charge in [-0.15, -0.1) is 0 Å². The predicted octanol–water partition coefficient (Wildman–Crippen LogP) is 3.10. The van der Waals surface area contributed by atoms with E-state index in [9.17, 15) is 9.18 Å². The smallest absolute Gasteiger partial charge is 0.264 e. The molecule has 1 N–H and O–H groups in total. The molecule has 1 aromatic carbocycles. The molecule has 0 radical (unpaired) electrons. The zero-order chi connectivity index (χ0) is 18.7. The lowest BCUT2D eigenvalue weighted by atomic mass is 10.0. The Morgan fingerprint density at radius 1 is 1.38 bits per heavy atom. The van der Waals surface area contributed by atoms with Crippen molar-refractivity contribution in [2.75, 3.05) is 6.54 Å². The molecule has 3 rings (SSSR count). The fourth-order valence-electron chi connectivity index (χ4n) is 2.78. The van der Waals surface area contributed by atoms with E-state index in [-0.39, 0.29) is 11.7 Å². The molecule has 1 aromatic heterocycles. The number of aryl methyl sites for hydroxylation is 2. The third-order valence-electron chi connectivity index (χ3n) is 4.28. The number of nitrogens with zero attached hydrogens (tertiary/aromatic N) is 3. The third-order valence-corrected chi connectivity index (χ3v) is 5.43. The second-order valence-corrected chi connectivity index (χ2v) is 6.99. The van der Waals surface area contributed by atoms with E-state index in [0.717, 1.165) is 34.4 Å². The van der Waals surface area contributed by atoms with E-state index in [1.807, 2.05) is 18.5 Å². The Morgan fingerprint density at radius 2 is 2.12 bits per heavy atom. The second-order valence-electron chi connectivity index (χ2n) is 6.20. The summed E-state index contributed by atoms with van der Waals surface area (Å²) in [6, 6.07) is 5.99. The number of halogens is 2. The first-order valence-electron chi connectivity index (χ1n) is 8.41. The molecular formula is C18H20BrFN4O2. The van der Waals surface area contributed by atoms with Crippen LogP contribution < -0.4 is 5.32 Å². The Kier molecular flexibility index (Phi) is 5.70. The summed E-state index contributed by atoms with van der Waals surface area (Å²) >= 11 is 3.50. The summed E-state index contributed by atoms with van der Waals surface area (Å²) in [5.41, 5.74) is 3.44. The number of carbonyl (C=O) groups is 1. The number of aromatic nitrogens is 2. The molecular weight excluding hydrogens is 403 g/mol. The van der Waals surface area contributed by atoms with Crippen molar-refractivity contribution in [3.8, 4) is 0 Å². The minimum atomic E-state index is -0.641. The summed E-state index contributed by atoms with van der Waals surface area (Å²) < 4.78 is 15.9. The van der Waals surface area contributed by atoms with Gasteiger partial charge in [0.15, 0.2) is 0 Å². The molecule has 1 atom stereocenters. The average molecular weight is 423 g/mol. The van der Waals surface area contributed by atoms with Crippen LogP contribution in [-0.2, 0) is 16.2 Å². The number of nitrogens with one attached hydrogen (secondary N) is 1. The SMILES string of the molecule is Cc1nn(CCCNC(=O)C2CC(c3ccc(F)cc3)=NO2)c(C)c1Br. The molecule has 8 heteroatoms. The summed E-state index contributed by atoms with van der Waals surface area (Å²) in [7, 11) is 0. The Morgan fingerprint density at radius 3 is 2.77 bits per heavy atom. The minimum Gasteiger partial charge on any atom is -0.382 e. The summed E-state index contributed by atoms with van der Waals surface area (Å²) in [5, 5.41) is 11.3. The van der Waals surface area contributed by atoms with E-state index in [1.54, 1.807) is 12.1 Å². The highest BCUT2D eigenvalue weighted by Crippen LogP contribution is 2.20. The van der Waals surface area contributed by atoms with E-state index in [4.69, 9.17) is 4.84 Å². The molecule has 1 aliphatic rings. The molecule has 0 saturated heterocycles. The Balaban J connectivity index is 1.43. The van der Waals surface area contributed by atoms with E-state index in [2.05, 4.69) is 31.5 Å². The third kappa shape index (κ3) is 4.12. The van der Waals surface area contributed by atoms with Crippen LogP contribution in [0.5, 0.6) is 0 Å². The molecule has 0 bridgehead atoms. The Labute approximate surface area is 159 Å². The lowest BCUT2D eigenvalue weighted by Crippen LogP contribution is -2.35.